The lowest BCUT2D eigenvalue weighted by atomic mass is 10.1. The van der Waals surface area contributed by atoms with E-state index < -0.39 is 0 Å². The van der Waals surface area contributed by atoms with Gasteiger partial charge in [-0.3, -0.25) is 9.78 Å². The summed E-state index contributed by atoms with van der Waals surface area (Å²) < 4.78 is 1.45. The molecule has 0 unspecified atom stereocenters. The lowest BCUT2D eigenvalue weighted by molar-refractivity contribution is 0.631. The summed E-state index contributed by atoms with van der Waals surface area (Å²) in [5.74, 6) is 0. The molecule has 0 atom stereocenters. The lowest BCUT2D eigenvalue weighted by Gasteiger charge is -2.08. The molecule has 2 aromatic heterocycles. The predicted octanol–water partition coefficient (Wildman–Crippen LogP) is 2.66. The molecule has 1 aromatic carbocycles. The Hall–Kier alpha value is -2.75. The second-order valence-electron chi connectivity index (χ2n) is 4.85. The maximum Gasteiger partial charge on any atom is 0.267 e. The van der Waals surface area contributed by atoms with E-state index in [2.05, 4.69) is 10.1 Å². The Kier molecular flexibility index (Phi) is 3.60. The molecule has 0 aliphatic heterocycles. The van der Waals surface area contributed by atoms with Crippen LogP contribution in [0.2, 0.25) is 0 Å². The molecule has 0 amide bonds. The number of rotatable bonds is 3. The van der Waals surface area contributed by atoms with Crippen LogP contribution in [0.15, 0.2) is 65.6 Å². The van der Waals surface area contributed by atoms with Crippen LogP contribution in [0.3, 0.4) is 0 Å². The highest BCUT2D eigenvalue weighted by Crippen LogP contribution is 2.19. The number of pyridine rings is 1. The molecule has 0 fully saturated rings. The van der Waals surface area contributed by atoms with Crippen molar-refractivity contribution in [1.82, 2.24) is 14.8 Å². The molecule has 2 heterocycles. The highest BCUT2D eigenvalue weighted by atomic mass is 16.1. The van der Waals surface area contributed by atoms with Gasteiger partial charge >= 0.3 is 0 Å². The van der Waals surface area contributed by atoms with Gasteiger partial charge < -0.3 is 0 Å². The van der Waals surface area contributed by atoms with Gasteiger partial charge in [-0.1, -0.05) is 30.3 Å². The molecule has 0 aliphatic carbocycles. The SMILES string of the molecule is Cc1ccccc1-c1ccc(=O)n(Cc2ccccn2)n1. The maximum absolute atomic E-state index is 12.0. The van der Waals surface area contributed by atoms with Crippen molar-refractivity contribution in [3.8, 4) is 11.3 Å². The minimum Gasteiger partial charge on any atom is -0.268 e. The zero-order valence-electron chi connectivity index (χ0n) is 11.7. The number of hydrogen-bond acceptors (Lipinski definition) is 3. The molecule has 0 radical (unpaired) electrons. The predicted molar refractivity (Wildman–Crippen MR) is 82.0 cm³/mol. The van der Waals surface area contributed by atoms with Crippen LogP contribution in [-0.4, -0.2) is 14.8 Å². The van der Waals surface area contributed by atoms with Crippen LogP contribution in [0.5, 0.6) is 0 Å². The smallest absolute Gasteiger partial charge is 0.267 e. The topological polar surface area (TPSA) is 47.8 Å². The molecular weight excluding hydrogens is 262 g/mol. The summed E-state index contributed by atoms with van der Waals surface area (Å²) in [5, 5.41) is 4.46. The van der Waals surface area contributed by atoms with Gasteiger partial charge in [0, 0.05) is 17.8 Å². The van der Waals surface area contributed by atoms with E-state index in [0.717, 1.165) is 22.5 Å². The molecule has 0 spiro atoms. The van der Waals surface area contributed by atoms with Gasteiger partial charge in [0.25, 0.3) is 5.56 Å². The Labute approximate surface area is 122 Å². The molecule has 0 bridgehead atoms. The average Bonchev–Trinajstić information content (AvgIpc) is 2.51. The summed E-state index contributed by atoms with van der Waals surface area (Å²) in [4.78, 5) is 16.2. The van der Waals surface area contributed by atoms with Crippen LogP contribution in [0, 0.1) is 6.92 Å². The quantitative estimate of drug-likeness (QED) is 0.739. The zero-order chi connectivity index (χ0) is 14.7. The van der Waals surface area contributed by atoms with Crippen molar-refractivity contribution in [3.05, 3.63) is 82.4 Å². The number of hydrogen-bond donors (Lipinski definition) is 0. The number of aromatic nitrogens is 3. The van der Waals surface area contributed by atoms with Crippen molar-refractivity contribution in [2.24, 2.45) is 0 Å². The third kappa shape index (κ3) is 2.89. The lowest BCUT2D eigenvalue weighted by Crippen LogP contribution is -2.23. The van der Waals surface area contributed by atoms with Gasteiger partial charge in [0.2, 0.25) is 0 Å². The van der Waals surface area contributed by atoms with Crippen molar-refractivity contribution in [2.45, 2.75) is 13.5 Å². The van der Waals surface area contributed by atoms with Gasteiger partial charge in [0.15, 0.2) is 0 Å². The molecule has 3 rings (SSSR count). The summed E-state index contributed by atoms with van der Waals surface area (Å²) in [5.41, 5.74) is 3.65. The van der Waals surface area contributed by atoms with E-state index in [0.29, 0.717) is 6.54 Å². The van der Waals surface area contributed by atoms with Crippen LogP contribution in [0.25, 0.3) is 11.3 Å². The van der Waals surface area contributed by atoms with Gasteiger partial charge in [-0.15, -0.1) is 0 Å². The minimum absolute atomic E-state index is 0.127. The second kappa shape index (κ2) is 5.71. The van der Waals surface area contributed by atoms with Crippen molar-refractivity contribution in [2.75, 3.05) is 0 Å². The molecule has 104 valence electrons. The molecule has 21 heavy (non-hydrogen) atoms. The Balaban J connectivity index is 2.01. The first kappa shape index (κ1) is 13.2. The third-order valence-electron chi connectivity index (χ3n) is 3.33. The molecule has 4 nitrogen and oxygen atoms in total. The van der Waals surface area contributed by atoms with E-state index in [1.165, 1.54) is 4.68 Å². The van der Waals surface area contributed by atoms with Crippen LogP contribution in [0.1, 0.15) is 11.3 Å². The monoisotopic (exact) mass is 277 g/mol. The maximum atomic E-state index is 12.0. The standard InChI is InChI=1S/C17H15N3O/c1-13-6-2-3-8-15(13)16-9-10-17(21)20(19-16)12-14-7-4-5-11-18-14/h2-11H,12H2,1H3. The average molecular weight is 277 g/mol. The fraction of sp³-hybridized carbons (Fsp3) is 0.118. The van der Waals surface area contributed by atoms with E-state index in [1.807, 2.05) is 49.4 Å². The summed E-state index contributed by atoms with van der Waals surface area (Å²) in [6.45, 7) is 2.41. The van der Waals surface area contributed by atoms with Crippen molar-refractivity contribution in [3.63, 3.8) is 0 Å². The number of benzene rings is 1. The third-order valence-corrected chi connectivity index (χ3v) is 3.33. The van der Waals surface area contributed by atoms with Crippen molar-refractivity contribution < 1.29 is 0 Å². The molecule has 0 aliphatic rings. The molecule has 0 N–H and O–H groups in total. The van der Waals surface area contributed by atoms with Gasteiger partial charge in [-0.2, -0.15) is 5.10 Å². The van der Waals surface area contributed by atoms with Crippen LogP contribution in [-0.2, 0) is 6.54 Å². The fourth-order valence-electron chi connectivity index (χ4n) is 2.21. The molecule has 4 heteroatoms. The van der Waals surface area contributed by atoms with E-state index in [1.54, 1.807) is 18.3 Å². The first-order valence-corrected chi connectivity index (χ1v) is 6.78. The molecule has 0 saturated heterocycles. The van der Waals surface area contributed by atoms with Crippen LogP contribution >= 0.6 is 0 Å². The molecular formula is C17H15N3O. The zero-order valence-corrected chi connectivity index (χ0v) is 11.7. The van der Waals surface area contributed by atoms with Gasteiger partial charge in [0.05, 0.1) is 17.9 Å². The van der Waals surface area contributed by atoms with Crippen molar-refractivity contribution >= 4 is 0 Å². The van der Waals surface area contributed by atoms with E-state index >= 15 is 0 Å². The fourth-order valence-corrected chi connectivity index (χ4v) is 2.21. The normalized spacial score (nSPS) is 10.5. The Bertz CT molecular complexity index is 810. The second-order valence-corrected chi connectivity index (χ2v) is 4.85. The number of nitrogens with zero attached hydrogens (tertiary/aromatic N) is 3. The summed E-state index contributed by atoms with van der Waals surface area (Å²) in [6, 6.07) is 17.0. The summed E-state index contributed by atoms with van der Waals surface area (Å²) in [6.07, 6.45) is 1.71. The summed E-state index contributed by atoms with van der Waals surface area (Å²) >= 11 is 0. The Morgan fingerprint density at radius 3 is 2.57 bits per heavy atom. The van der Waals surface area contributed by atoms with E-state index in [4.69, 9.17) is 0 Å². The van der Waals surface area contributed by atoms with Crippen molar-refractivity contribution in [1.29, 1.82) is 0 Å². The van der Waals surface area contributed by atoms with Gasteiger partial charge in [-0.05, 0) is 30.7 Å². The van der Waals surface area contributed by atoms with E-state index in [9.17, 15) is 4.79 Å². The Morgan fingerprint density at radius 1 is 1.00 bits per heavy atom. The molecule has 3 aromatic rings. The first-order chi connectivity index (χ1) is 10.2. The van der Waals surface area contributed by atoms with Crippen LogP contribution in [0.4, 0.5) is 0 Å². The first-order valence-electron chi connectivity index (χ1n) is 6.78. The minimum atomic E-state index is -0.127. The Morgan fingerprint density at radius 2 is 1.81 bits per heavy atom. The van der Waals surface area contributed by atoms with Gasteiger partial charge in [0.1, 0.15) is 0 Å². The van der Waals surface area contributed by atoms with Crippen LogP contribution < -0.4 is 5.56 Å². The highest BCUT2D eigenvalue weighted by molar-refractivity contribution is 5.62. The molecule has 0 saturated carbocycles. The van der Waals surface area contributed by atoms with Gasteiger partial charge in [-0.25, -0.2) is 4.68 Å². The highest BCUT2D eigenvalue weighted by Gasteiger charge is 2.06. The number of aryl methyl sites for hydroxylation is 1. The summed E-state index contributed by atoms with van der Waals surface area (Å²) in [7, 11) is 0. The largest absolute Gasteiger partial charge is 0.268 e. The van der Waals surface area contributed by atoms with E-state index in [-0.39, 0.29) is 5.56 Å².